The van der Waals surface area contributed by atoms with Crippen LogP contribution >= 0.6 is 0 Å². The van der Waals surface area contributed by atoms with Crippen molar-refractivity contribution in [2.45, 2.75) is 12.8 Å². The van der Waals surface area contributed by atoms with Gasteiger partial charge in [-0.05, 0) is 17.7 Å². The van der Waals surface area contributed by atoms with Crippen molar-refractivity contribution in [3.63, 3.8) is 0 Å². The first-order chi connectivity index (χ1) is 10.0. The Kier molecular flexibility index (Phi) is 7.29. The van der Waals surface area contributed by atoms with E-state index < -0.39 is 18.9 Å². The fraction of sp³-hybridized carbons (Fsp3) is 0.429. The van der Waals surface area contributed by atoms with Crippen LogP contribution in [-0.4, -0.2) is 48.6 Å². The second kappa shape index (κ2) is 9.00. The highest BCUT2D eigenvalue weighted by Gasteiger charge is 2.15. The Hall–Kier alpha value is -2.04. The third-order valence-corrected chi connectivity index (χ3v) is 2.70. The molecular weight excluding hydrogens is 280 g/mol. The number of anilines is 1. The van der Waals surface area contributed by atoms with E-state index >= 15 is 0 Å². The van der Waals surface area contributed by atoms with Gasteiger partial charge < -0.3 is 10.4 Å². The number of aliphatic hydroxyl groups is 1. The Labute approximate surface area is 121 Å². The van der Waals surface area contributed by atoms with Crippen molar-refractivity contribution in [1.82, 2.24) is 4.90 Å². The summed E-state index contributed by atoms with van der Waals surface area (Å²) in [6, 6.07) is 8.73. The van der Waals surface area contributed by atoms with Gasteiger partial charge in [-0.3, -0.25) is 9.69 Å². The highest BCUT2D eigenvalue weighted by atomic mass is 19.3. The second-order valence-electron chi connectivity index (χ2n) is 4.43. The largest absolute Gasteiger partial charge is 0.395 e. The molecule has 0 atom stereocenters. The zero-order chi connectivity index (χ0) is 15.7. The maximum atomic E-state index is 12.3. The zero-order valence-electron chi connectivity index (χ0n) is 11.4. The molecule has 0 aromatic heterocycles. The molecule has 1 amide bonds. The number of carbonyl (C=O) groups is 1. The van der Waals surface area contributed by atoms with Crippen LogP contribution in [0.1, 0.15) is 5.56 Å². The Morgan fingerprint density at radius 1 is 1.38 bits per heavy atom. The molecule has 1 aromatic carbocycles. The Morgan fingerprint density at radius 3 is 2.57 bits per heavy atom. The maximum absolute atomic E-state index is 12.3. The average molecular weight is 297 g/mol. The molecule has 2 N–H and O–H groups in total. The number of rotatable bonds is 8. The van der Waals surface area contributed by atoms with E-state index in [1.165, 1.54) is 4.90 Å². The van der Waals surface area contributed by atoms with Crippen molar-refractivity contribution in [2.24, 2.45) is 0 Å². The number of benzene rings is 1. The smallest absolute Gasteiger partial charge is 0.251 e. The highest BCUT2D eigenvalue weighted by Crippen LogP contribution is 2.10. The van der Waals surface area contributed by atoms with Crippen LogP contribution < -0.4 is 5.32 Å². The van der Waals surface area contributed by atoms with E-state index in [4.69, 9.17) is 10.4 Å². The molecule has 0 unspecified atom stereocenters. The fourth-order valence-electron chi connectivity index (χ4n) is 1.77. The van der Waals surface area contributed by atoms with Crippen LogP contribution in [0, 0.1) is 11.3 Å². The van der Waals surface area contributed by atoms with Crippen LogP contribution in [-0.2, 0) is 11.2 Å². The monoisotopic (exact) mass is 297 g/mol. The predicted molar refractivity (Wildman–Crippen MR) is 73.9 cm³/mol. The summed E-state index contributed by atoms with van der Waals surface area (Å²) < 4.78 is 24.6. The number of alkyl halides is 2. The molecule has 1 aromatic rings. The van der Waals surface area contributed by atoms with Crippen LogP contribution in [0.5, 0.6) is 0 Å². The van der Waals surface area contributed by atoms with Gasteiger partial charge in [0.05, 0.1) is 32.2 Å². The Morgan fingerprint density at radius 2 is 2.05 bits per heavy atom. The molecule has 1 rings (SSSR count). The number of hydrogen-bond donors (Lipinski definition) is 2. The molecule has 0 spiro atoms. The van der Waals surface area contributed by atoms with E-state index in [-0.39, 0.29) is 26.1 Å². The molecule has 5 nitrogen and oxygen atoms in total. The summed E-state index contributed by atoms with van der Waals surface area (Å²) in [4.78, 5) is 12.9. The molecule has 0 aliphatic carbocycles. The van der Waals surface area contributed by atoms with Crippen molar-refractivity contribution < 1.29 is 18.7 Å². The number of nitrogens with zero attached hydrogens (tertiary/aromatic N) is 2. The lowest BCUT2D eigenvalue weighted by Crippen LogP contribution is -2.38. The van der Waals surface area contributed by atoms with E-state index in [1.54, 1.807) is 24.3 Å². The van der Waals surface area contributed by atoms with E-state index in [0.717, 1.165) is 5.56 Å². The summed E-state index contributed by atoms with van der Waals surface area (Å²) in [7, 11) is 0. The van der Waals surface area contributed by atoms with Crippen molar-refractivity contribution in [3.8, 4) is 6.07 Å². The molecule has 114 valence electrons. The zero-order valence-corrected chi connectivity index (χ0v) is 11.4. The van der Waals surface area contributed by atoms with Gasteiger partial charge in [0.2, 0.25) is 5.91 Å². The number of nitriles is 1. The predicted octanol–water partition coefficient (Wildman–Crippen LogP) is 1.25. The summed E-state index contributed by atoms with van der Waals surface area (Å²) >= 11 is 0. The minimum atomic E-state index is -2.56. The first-order valence-electron chi connectivity index (χ1n) is 6.42. The van der Waals surface area contributed by atoms with Crippen LogP contribution in [0.4, 0.5) is 14.5 Å². The number of hydrogen-bond acceptors (Lipinski definition) is 4. The lowest BCUT2D eigenvalue weighted by molar-refractivity contribution is -0.117. The van der Waals surface area contributed by atoms with Gasteiger partial charge in [-0.1, -0.05) is 12.1 Å². The fourth-order valence-corrected chi connectivity index (χ4v) is 1.77. The summed E-state index contributed by atoms with van der Waals surface area (Å²) in [5.41, 5.74) is 1.36. The summed E-state index contributed by atoms with van der Waals surface area (Å²) in [6.07, 6.45) is -2.28. The van der Waals surface area contributed by atoms with Gasteiger partial charge in [0.25, 0.3) is 6.43 Å². The molecule has 0 aliphatic heterocycles. The average Bonchev–Trinajstić information content (AvgIpc) is 2.40. The number of aliphatic hydroxyl groups excluding tert-OH is 1. The van der Waals surface area contributed by atoms with Crippen molar-refractivity contribution in [2.75, 3.05) is 31.6 Å². The Bertz CT molecular complexity index is 486. The molecular formula is C14H17F2N3O2. The first kappa shape index (κ1) is 17.0. The quantitative estimate of drug-likeness (QED) is 0.757. The van der Waals surface area contributed by atoms with E-state index in [2.05, 4.69) is 5.32 Å². The van der Waals surface area contributed by atoms with Gasteiger partial charge in [0.15, 0.2) is 0 Å². The van der Waals surface area contributed by atoms with Crippen LogP contribution in [0.2, 0.25) is 0 Å². The molecule has 21 heavy (non-hydrogen) atoms. The van der Waals surface area contributed by atoms with Crippen LogP contribution in [0.15, 0.2) is 24.3 Å². The lowest BCUT2D eigenvalue weighted by atomic mass is 10.1. The highest BCUT2D eigenvalue weighted by molar-refractivity contribution is 5.92. The van der Waals surface area contributed by atoms with Gasteiger partial charge in [-0.15, -0.1) is 0 Å². The van der Waals surface area contributed by atoms with E-state index in [1.807, 2.05) is 6.07 Å². The minimum absolute atomic E-state index is 0.0128. The van der Waals surface area contributed by atoms with E-state index in [9.17, 15) is 13.6 Å². The van der Waals surface area contributed by atoms with Gasteiger partial charge in [-0.25, -0.2) is 8.78 Å². The van der Waals surface area contributed by atoms with Crippen LogP contribution in [0.25, 0.3) is 0 Å². The lowest BCUT2D eigenvalue weighted by Gasteiger charge is -2.20. The van der Waals surface area contributed by atoms with Crippen molar-refractivity contribution in [1.29, 1.82) is 5.26 Å². The van der Waals surface area contributed by atoms with Gasteiger partial charge in [0.1, 0.15) is 0 Å². The summed E-state index contributed by atoms with van der Waals surface area (Å²) in [6.45, 7) is -1.05. The Balaban J connectivity index is 2.53. The standard InChI is InChI=1S/C14H17F2N3O2/c15-13(16)9-19(7-8-20)10-14(21)18-12-3-1-11(2-4-12)5-6-17/h1-4,13,20H,5,7-10H2,(H,18,21). The molecule has 0 radical (unpaired) electrons. The summed E-state index contributed by atoms with van der Waals surface area (Å²) in [5.74, 6) is -0.433. The van der Waals surface area contributed by atoms with Gasteiger partial charge >= 0.3 is 0 Å². The van der Waals surface area contributed by atoms with Crippen molar-refractivity contribution >= 4 is 11.6 Å². The molecule has 7 heteroatoms. The number of amides is 1. The molecule has 0 saturated carbocycles. The third-order valence-electron chi connectivity index (χ3n) is 2.70. The maximum Gasteiger partial charge on any atom is 0.251 e. The number of carbonyl (C=O) groups excluding carboxylic acids is 1. The second-order valence-corrected chi connectivity index (χ2v) is 4.43. The molecule has 0 aliphatic rings. The first-order valence-corrected chi connectivity index (χ1v) is 6.42. The summed E-state index contributed by atoms with van der Waals surface area (Å²) in [5, 5.41) is 19.9. The number of nitrogens with one attached hydrogen (secondary N) is 1. The third kappa shape index (κ3) is 6.79. The number of halogens is 2. The van der Waals surface area contributed by atoms with Crippen LogP contribution in [0.3, 0.4) is 0 Å². The minimum Gasteiger partial charge on any atom is -0.395 e. The van der Waals surface area contributed by atoms with E-state index in [0.29, 0.717) is 5.69 Å². The molecule has 0 heterocycles. The molecule has 0 bridgehead atoms. The van der Waals surface area contributed by atoms with Crippen molar-refractivity contribution in [3.05, 3.63) is 29.8 Å². The SMILES string of the molecule is N#CCc1ccc(NC(=O)CN(CCO)CC(F)F)cc1. The van der Waals surface area contributed by atoms with Gasteiger partial charge in [0, 0.05) is 12.2 Å². The molecule has 0 saturated heterocycles. The normalized spacial score (nSPS) is 10.7. The molecule has 0 fully saturated rings. The van der Waals surface area contributed by atoms with Gasteiger partial charge in [-0.2, -0.15) is 5.26 Å². The topological polar surface area (TPSA) is 76.4 Å².